The summed E-state index contributed by atoms with van der Waals surface area (Å²) >= 11 is 0. The van der Waals surface area contributed by atoms with E-state index in [2.05, 4.69) is 0 Å². The van der Waals surface area contributed by atoms with Gasteiger partial charge in [-0.15, -0.1) is 0 Å². The molecule has 1 amide bonds. The van der Waals surface area contributed by atoms with Crippen molar-refractivity contribution in [3.63, 3.8) is 0 Å². The highest BCUT2D eigenvalue weighted by Crippen LogP contribution is 2.34. The summed E-state index contributed by atoms with van der Waals surface area (Å²) in [5.41, 5.74) is 0.824. The van der Waals surface area contributed by atoms with Gasteiger partial charge in [0.25, 0.3) is 0 Å². The van der Waals surface area contributed by atoms with Crippen molar-refractivity contribution in [1.29, 1.82) is 0 Å². The van der Waals surface area contributed by atoms with E-state index in [-0.39, 0.29) is 35.6 Å². The molecule has 0 radical (unpaired) electrons. The zero-order valence-corrected chi connectivity index (χ0v) is 17.9. The molecule has 1 aromatic rings. The molecule has 1 aromatic carbocycles. The van der Waals surface area contributed by atoms with Crippen LogP contribution in [-0.2, 0) is 14.8 Å². The molecule has 0 unspecified atom stereocenters. The number of hydrogen-bond donors (Lipinski definition) is 1. The molecule has 8 heteroatoms. The molecule has 1 aliphatic heterocycles. The fourth-order valence-corrected chi connectivity index (χ4v) is 4.98. The molecule has 7 nitrogen and oxygen atoms in total. The third-order valence-corrected chi connectivity index (χ3v) is 7.06. The average Bonchev–Trinajstić information content (AvgIpc) is 2.64. The fourth-order valence-electron chi connectivity index (χ4n) is 3.15. The van der Waals surface area contributed by atoms with Crippen molar-refractivity contribution in [1.82, 2.24) is 9.21 Å². The Morgan fingerprint density at radius 1 is 1.46 bits per heavy atom. The average molecular weight is 411 g/mol. The maximum absolute atomic E-state index is 13.3. The lowest BCUT2D eigenvalue weighted by molar-refractivity contribution is -0.129. The van der Waals surface area contributed by atoms with Crippen LogP contribution in [0.3, 0.4) is 0 Å². The molecular weight excluding hydrogens is 380 g/mol. The monoisotopic (exact) mass is 410 g/mol. The molecule has 1 heterocycles. The van der Waals surface area contributed by atoms with Crippen molar-refractivity contribution < 1.29 is 23.1 Å². The summed E-state index contributed by atoms with van der Waals surface area (Å²) in [5, 5.41) is 9.61. The number of aliphatic hydroxyl groups excluding tert-OH is 1. The summed E-state index contributed by atoms with van der Waals surface area (Å²) in [6, 6.07) is 4.40. The number of amides is 1. The number of benzene rings is 1. The second kappa shape index (κ2) is 9.07. The Morgan fingerprint density at radius 3 is 2.71 bits per heavy atom. The van der Waals surface area contributed by atoms with Gasteiger partial charge in [-0.1, -0.05) is 25.1 Å². The minimum atomic E-state index is -3.84. The molecule has 1 aliphatic rings. The highest BCUT2D eigenvalue weighted by molar-refractivity contribution is 7.89. The number of hydrogen-bond acceptors (Lipinski definition) is 5. The number of aliphatic hydroxyl groups is 1. The minimum absolute atomic E-state index is 0.0726. The highest BCUT2D eigenvalue weighted by Gasteiger charge is 2.38. The summed E-state index contributed by atoms with van der Waals surface area (Å²) < 4.78 is 34.0. The number of allylic oxidation sites excluding steroid dienone is 1. The maximum atomic E-state index is 13.3. The van der Waals surface area contributed by atoms with Gasteiger partial charge >= 0.3 is 0 Å². The number of rotatable bonds is 5. The Bertz CT molecular complexity index is 837. The molecule has 0 aromatic heterocycles. The van der Waals surface area contributed by atoms with Crippen molar-refractivity contribution in [3.8, 4) is 5.75 Å². The Kier molecular flexibility index (Phi) is 7.25. The lowest BCUT2D eigenvalue weighted by atomic mass is 10.0. The molecule has 0 saturated carbocycles. The van der Waals surface area contributed by atoms with Crippen molar-refractivity contribution in [2.75, 3.05) is 26.7 Å². The molecule has 2 rings (SSSR count). The molecule has 0 bridgehead atoms. The molecule has 0 spiro atoms. The van der Waals surface area contributed by atoms with Crippen LogP contribution in [0.25, 0.3) is 6.08 Å². The van der Waals surface area contributed by atoms with E-state index in [0.29, 0.717) is 6.54 Å². The van der Waals surface area contributed by atoms with Crippen LogP contribution >= 0.6 is 0 Å². The van der Waals surface area contributed by atoms with Gasteiger partial charge < -0.3 is 14.7 Å². The topological polar surface area (TPSA) is 87.2 Å². The zero-order chi connectivity index (χ0) is 21.1. The quantitative estimate of drug-likeness (QED) is 0.802. The molecule has 0 fully saturated rings. The first kappa shape index (κ1) is 22.4. The lowest BCUT2D eigenvalue weighted by Gasteiger charge is -2.37. The number of carbonyl (C=O) groups excluding carboxylic acids is 1. The number of likely N-dealkylation sites (N-methyl/N-ethyl adjacent to an activating group) is 1. The van der Waals surface area contributed by atoms with Gasteiger partial charge in [-0.2, -0.15) is 4.31 Å². The first-order valence-electron chi connectivity index (χ1n) is 9.39. The Balaban J connectivity index is 2.59. The van der Waals surface area contributed by atoms with Gasteiger partial charge in [0, 0.05) is 32.5 Å². The van der Waals surface area contributed by atoms with Gasteiger partial charge in [0.2, 0.25) is 15.9 Å². The second-order valence-corrected chi connectivity index (χ2v) is 9.20. The van der Waals surface area contributed by atoms with E-state index in [1.165, 1.54) is 11.2 Å². The van der Waals surface area contributed by atoms with E-state index in [9.17, 15) is 18.3 Å². The van der Waals surface area contributed by atoms with Gasteiger partial charge in [0.05, 0.1) is 13.2 Å². The molecule has 28 heavy (non-hydrogen) atoms. The SMILES string of the molecule is C/C=C/c1ccc2c(c1)O[C@@H](CN(C)C(C)=O)[C@@H](C)CN([C@H](C)CO)S2(=O)=O. The van der Waals surface area contributed by atoms with E-state index in [4.69, 9.17) is 4.74 Å². The first-order valence-corrected chi connectivity index (χ1v) is 10.8. The fraction of sp³-hybridized carbons (Fsp3) is 0.550. The summed E-state index contributed by atoms with van der Waals surface area (Å²) in [6.07, 6.45) is 3.34. The third kappa shape index (κ3) is 4.74. The summed E-state index contributed by atoms with van der Waals surface area (Å²) in [6.45, 7) is 7.18. The van der Waals surface area contributed by atoms with Gasteiger partial charge in [-0.25, -0.2) is 8.42 Å². The van der Waals surface area contributed by atoms with Gasteiger partial charge in [-0.05, 0) is 31.5 Å². The van der Waals surface area contributed by atoms with Crippen LogP contribution in [0.2, 0.25) is 0 Å². The van der Waals surface area contributed by atoms with Crippen LogP contribution in [0.1, 0.15) is 33.3 Å². The minimum Gasteiger partial charge on any atom is -0.487 e. The predicted octanol–water partition coefficient (Wildman–Crippen LogP) is 1.97. The van der Waals surface area contributed by atoms with E-state index >= 15 is 0 Å². The third-order valence-electron chi connectivity index (χ3n) is 5.04. The number of fused-ring (bicyclic) bond motifs is 1. The molecule has 3 atom stereocenters. The second-order valence-electron chi connectivity index (χ2n) is 7.35. The first-order chi connectivity index (χ1) is 13.1. The van der Waals surface area contributed by atoms with Crippen LogP contribution in [-0.4, -0.2) is 67.5 Å². The number of ether oxygens (including phenoxy) is 1. The molecule has 0 saturated heterocycles. The van der Waals surface area contributed by atoms with Gasteiger partial charge in [0.15, 0.2) is 0 Å². The summed E-state index contributed by atoms with van der Waals surface area (Å²) in [4.78, 5) is 13.3. The number of sulfonamides is 1. The van der Waals surface area contributed by atoms with E-state index in [0.717, 1.165) is 5.56 Å². The van der Waals surface area contributed by atoms with E-state index in [1.807, 2.05) is 26.0 Å². The molecule has 0 aliphatic carbocycles. The van der Waals surface area contributed by atoms with Crippen LogP contribution in [0.5, 0.6) is 5.75 Å². The van der Waals surface area contributed by atoms with Crippen LogP contribution in [0.4, 0.5) is 0 Å². The molecule has 156 valence electrons. The highest BCUT2D eigenvalue weighted by atomic mass is 32.2. The van der Waals surface area contributed by atoms with Crippen LogP contribution in [0, 0.1) is 5.92 Å². The van der Waals surface area contributed by atoms with Crippen molar-refractivity contribution in [3.05, 3.63) is 29.8 Å². The zero-order valence-electron chi connectivity index (χ0n) is 17.1. The van der Waals surface area contributed by atoms with Gasteiger partial charge in [-0.3, -0.25) is 4.79 Å². The van der Waals surface area contributed by atoms with E-state index < -0.39 is 22.2 Å². The summed E-state index contributed by atoms with van der Waals surface area (Å²) in [5.74, 6) is -0.0164. The lowest BCUT2D eigenvalue weighted by Crippen LogP contribution is -2.50. The van der Waals surface area contributed by atoms with Crippen molar-refractivity contribution in [2.24, 2.45) is 5.92 Å². The standard InChI is InChI=1S/C20H30N2O5S/c1-6-7-17-8-9-20-18(10-17)27-19(12-21(5)16(4)24)14(2)11-22(15(3)13-23)28(20,25)26/h6-10,14-15,19,23H,11-13H2,1-5H3/b7-6+/t14-,15+,19-/m0/s1. The normalized spacial score (nSPS) is 23.4. The van der Waals surface area contributed by atoms with Crippen LogP contribution in [0.15, 0.2) is 29.2 Å². The van der Waals surface area contributed by atoms with Crippen molar-refractivity contribution >= 4 is 22.0 Å². The number of carbonyl (C=O) groups is 1. The number of nitrogens with zero attached hydrogens (tertiary/aromatic N) is 2. The Labute approximate surface area is 167 Å². The molecular formula is C20H30N2O5S. The maximum Gasteiger partial charge on any atom is 0.247 e. The van der Waals surface area contributed by atoms with E-state index in [1.54, 1.807) is 37.1 Å². The summed E-state index contributed by atoms with van der Waals surface area (Å²) in [7, 11) is -2.15. The Morgan fingerprint density at radius 2 is 2.14 bits per heavy atom. The van der Waals surface area contributed by atoms with Crippen molar-refractivity contribution in [2.45, 2.75) is 44.7 Å². The largest absolute Gasteiger partial charge is 0.487 e. The Hall–Kier alpha value is -1.90. The van der Waals surface area contributed by atoms with Crippen LogP contribution < -0.4 is 4.74 Å². The smallest absolute Gasteiger partial charge is 0.247 e. The predicted molar refractivity (Wildman–Crippen MR) is 108 cm³/mol. The molecule has 1 N–H and O–H groups in total. The van der Waals surface area contributed by atoms with Gasteiger partial charge in [0.1, 0.15) is 16.7 Å².